The van der Waals surface area contributed by atoms with Gasteiger partial charge >= 0.3 is 5.69 Å². The van der Waals surface area contributed by atoms with Crippen LogP contribution in [0.2, 0.25) is 0 Å². The van der Waals surface area contributed by atoms with Crippen molar-refractivity contribution < 1.29 is 9.66 Å². The number of thiophene rings is 1. The van der Waals surface area contributed by atoms with Gasteiger partial charge in [0, 0.05) is 21.9 Å². The molecule has 2 heterocycles. The van der Waals surface area contributed by atoms with E-state index in [9.17, 15) is 10.1 Å². The Balaban J connectivity index is 1.76. The van der Waals surface area contributed by atoms with Gasteiger partial charge in [0.2, 0.25) is 0 Å². The zero-order chi connectivity index (χ0) is 15.5. The van der Waals surface area contributed by atoms with E-state index < -0.39 is 4.92 Å². The molecule has 0 N–H and O–H groups in total. The van der Waals surface area contributed by atoms with Crippen molar-refractivity contribution in [1.29, 1.82) is 0 Å². The maximum absolute atomic E-state index is 11.1. The summed E-state index contributed by atoms with van der Waals surface area (Å²) in [6.45, 7) is 1.91. The van der Waals surface area contributed by atoms with Gasteiger partial charge in [-0.05, 0) is 24.4 Å². The molecule has 22 heavy (non-hydrogen) atoms. The average molecular weight is 332 g/mol. The van der Waals surface area contributed by atoms with Crippen LogP contribution < -0.4 is 4.74 Å². The van der Waals surface area contributed by atoms with E-state index in [0.29, 0.717) is 5.56 Å². The Kier molecular flexibility index (Phi) is 4.17. The van der Waals surface area contributed by atoms with Gasteiger partial charge in [-0.3, -0.25) is 10.1 Å². The minimum atomic E-state index is -0.414. The third-order valence-corrected chi connectivity index (χ3v) is 4.70. The number of nitro groups is 1. The molecule has 5 nitrogen and oxygen atoms in total. The van der Waals surface area contributed by atoms with Gasteiger partial charge in [0.15, 0.2) is 5.75 Å². The first kappa shape index (κ1) is 14.7. The fourth-order valence-electron chi connectivity index (χ4n) is 2.03. The highest BCUT2D eigenvalue weighted by atomic mass is 32.1. The summed E-state index contributed by atoms with van der Waals surface area (Å²) < 4.78 is 5.60. The minimum Gasteiger partial charge on any atom is -0.480 e. The van der Waals surface area contributed by atoms with Gasteiger partial charge in [-0.1, -0.05) is 12.1 Å². The van der Waals surface area contributed by atoms with Gasteiger partial charge in [-0.25, -0.2) is 4.98 Å². The van der Waals surface area contributed by atoms with Crippen molar-refractivity contribution in [2.45, 2.75) is 13.5 Å². The number of benzene rings is 1. The van der Waals surface area contributed by atoms with Crippen molar-refractivity contribution in [1.82, 2.24) is 4.98 Å². The summed E-state index contributed by atoms with van der Waals surface area (Å²) in [5.41, 5.74) is 2.44. The molecule has 0 radical (unpaired) electrons. The minimum absolute atomic E-state index is 0.00999. The van der Waals surface area contributed by atoms with Crippen molar-refractivity contribution in [3.63, 3.8) is 0 Å². The van der Waals surface area contributed by atoms with Crippen molar-refractivity contribution in [3.8, 4) is 16.3 Å². The largest absolute Gasteiger partial charge is 0.480 e. The highest BCUT2D eigenvalue weighted by Crippen LogP contribution is 2.31. The number of rotatable bonds is 5. The van der Waals surface area contributed by atoms with Crippen LogP contribution in [0, 0.1) is 17.0 Å². The Hall–Kier alpha value is -2.25. The fraction of sp³-hybridized carbons (Fsp3) is 0.133. The molecule has 0 unspecified atom stereocenters. The lowest BCUT2D eigenvalue weighted by atomic mass is 10.2. The molecule has 3 rings (SSSR count). The first-order valence-corrected chi connectivity index (χ1v) is 8.31. The molecular formula is C15H12N2O3S2. The van der Waals surface area contributed by atoms with Crippen LogP contribution in [0.25, 0.3) is 10.6 Å². The number of ether oxygens (including phenoxy) is 1. The first-order chi connectivity index (χ1) is 10.6. The number of nitro benzene ring substituents is 1. The highest BCUT2D eigenvalue weighted by Gasteiger charge is 2.18. The van der Waals surface area contributed by atoms with Crippen LogP contribution in [-0.2, 0) is 6.61 Å². The van der Waals surface area contributed by atoms with Gasteiger partial charge in [-0.15, -0.1) is 11.3 Å². The predicted octanol–water partition coefficient (Wildman–Crippen LogP) is 4.67. The first-order valence-electron chi connectivity index (χ1n) is 6.49. The van der Waals surface area contributed by atoms with E-state index in [1.807, 2.05) is 22.2 Å². The highest BCUT2D eigenvalue weighted by molar-refractivity contribution is 7.14. The van der Waals surface area contributed by atoms with Crippen LogP contribution in [0.15, 0.2) is 40.4 Å². The molecule has 0 saturated carbocycles. The molecule has 0 spiro atoms. The number of hydrogen-bond donors (Lipinski definition) is 0. The van der Waals surface area contributed by atoms with Crippen LogP contribution >= 0.6 is 22.7 Å². The summed E-state index contributed by atoms with van der Waals surface area (Å²) in [7, 11) is 0. The summed E-state index contributed by atoms with van der Waals surface area (Å²) in [6.07, 6.45) is 0. The molecule has 2 aromatic heterocycles. The Morgan fingerprint density at radius 2 is 2.18 bits per heavy atom. The zero-order valence-corrected chi connectivity index (χ0v) is 13.3. The lowest BCUT2D eigenvalue weighted by Gasteiger charge is -2.06. The molecule has 112 valence electrons. The van der Waals surface area contributed by atoms with Gasteiger partial charge in [-0.2, -0.15) is 11.3 Å². The molecule has 3 aromatic rings. The van der Waals surface area contributed by atoms with Crippen LogP contribution in [0.4, 0.5) is 5.69 Å². The summed E-state index contributed by atoms with van der Waals surface area (Å²) in [5, 5.41) is 18.0. The second-order valence-corrected chi connectivity index (χ2v) is 6.26. The van der Waals surface area contributed by atoms with Crippen molar-refractivity contribution in [3.05, 3.63) is 61.8 Å². The number of thiazole rings is 1. The Morgan fingerprint density at radius 1 is 1.32 bits per heavy atom. The van der Waals surface area contributed by atoms with E-state index in [1.54, 1.807) is 36.5 Å². The molecular weight excluding hydrogens is 320 g/mol. The second kappa shape index (κ2) is 6.25. The summed E-state index contributed by atoms with van der Waals surface area (Å²) in [6, 6.07) is 7.06. The molecule has 0 saturated heterocycles. The molecule has 0 amide bonds. The monoisotopic (exact) mass is 332 g/mol. The molecule has 7 heteroatoms. The number of aryl methyl sites for hydroxylation is 1. The Morgan fingerprint density at radius 3 is 2.91 bits per heavy atom. The lowest BCUT2D eigenvalue weighted by molar-refractivity contribution is -0.386. The van der Waals surface area contributed by atoms with Gasteiger partial charge < -0.3 is 4.74 Å². The predicted molar refractivity (Wildman–Crippen MR) is 87.6 cm³/mol. The zero-order valence-electron chi connectivity index (χ0n) is 11.7. The van der Waals surface area contributed by atoms with E-state index >= 15 is 0 Å². The van der Waals surface area contributed by atoms with E-state index in [4.69, 9.17) is 4.74 Å². The van der Waals surface area contributed by atoms with Crippen LogP contribution in [-0.4, -0.2) is 9.91 Å². The molecule has 0 aliphatic rings. The topological polar surface area (TPSA) is 65.3 Å². The van der Waals surface area contributed by atoms with Crippen LogP contribution in [0.5, 0.6) is 5.75 Å². The maximum Gasteiger partial charge on any atom is 0.313 e. The number of nitrogens with zero attached hydrogens (tertiary/aromatic N) is 2. The second-order valence-electron chi connectivity index (χ2n) is 4.62. The van der Waals surface area contributed by atoms with Crippen molar-refractivity contribution >= 4 is 28.4 Å². The van der Waals surface area contributed by atoms with E-state index in [2.05, 4.69) is 4.98 Å². The van der Waals surface area contributed by atoms with Crippen LogP contribution in [0.3, 0.4) is 0 Å². The Labute approximate surface area is 135 Å². The van der Waals surface area contributed by atoms with Gasteiger partial charge in [0.05, 0.1) is 10.6 Å². The summed E-state index contributed by atoms with van der Waals surface area (Å²) in [5.74, 6) is 0.273. The maximum atomic E-state index is 11.1. The molecule has 1 aromatic carbocycles. The average Bonchev–Trinajstić information content (AvgIpc) is 3.15. The lowest BCUT2D eigenvalue weighted by Crippen LogP contribution is -2.00. The smallest absolute Gasteiger partial charge is 0.313 e. The number of hydrogen-bond acceptors (Lipinski definition) is 6. The molecule has 0 fully saturated rings. The van der Waals surface area contributed by atoms with E-state index in [0.717, 1.165) is 16.3 Å². The third kappa shape index (κ3) is 3.00. The SMILES string of the molecule is Cc1cccc(OCc2csc(-c3ccsc3)n2)c1[N+](=O)[O-]. The van der Waals surface area contributed by atoms with Gasteiger partial charge in [0.25, 0.3) is 0 Å². The standard InChI is InChI=1S/C15H12N2O3S2/c1-10-3-2-4-13(14(10)17(18)19)20-7-12-9-22-15(16-12)11-5-6-21-8-11/h2-6,8-9H,7H2,1H3. The Bertz CT molecular complexity index is 797. The number of aromatic nitrogens is 1. The fourth-order valence-corrected chi connectivity index (χ4v) is 3.54. The summed E-state index contributed by atoms with van der Waals surface area (Å²) >= 11 is 3.16. The number of para-hydroxylation sites is 1. The van der Waals surface area contributed by atoms with E-state index in [1.165, 1.54) is 11.3 Å². The van der Waals surface area contributed by atoms with Crippen molar-refractivity contribution in [2.75, 3.05) is 0 Å². The molecule has 0 bridgehead atoms. The van der Waals surface area contributed by atoms with E-state index in [-0.39, 0.29) is 18.0 Å². The quantitative estimate of drug-likeness (QED) is 0.503. The van der Waals surface area contributed by atoms with Crippen molar-refractivity contribution in [2.24, 2.45) is 0 Å². The molecule has 0 aliphatic heterocycles. The van der Waals surface area contributed by atoms with Crippen LogP contribution in [0.1, 0.15) is 11.3 Å². The third-order valence-electron chi connectivity index (χ3n) is 3.08. The summed E-state index contributed by atoms with van der Waals surface area (Å²) in [4.78, 5) is 15.2. The molecule has 0 aliphatic carbocycles. The molecule has 0 atom stereocenters. The normalized spacial score (nSPS) is 10.6. The van der Waals surface area contributed by atoms with Gasteiger partial charge in [0.1, 0.15) is 11.6 Å².